The summed E-state index contributed by atoms with van der Waals surface area (Å²) in [7, 11) is 1.50. The summed E-state index contributed by atoms with van der Waals surface area (Å²) >= 11 is 5.99. The van der Waals surface area contributed by atoms with Gasteiger partial charge in [-0.05, 0) is 61.6 Å². The predicted octanol–water partition coefficient (Wildman–Crippen LogP) is 2.75. The number of carbonyl (C=O) groups excluding carboxylic acids is 2. The topological polar surface area (TPSA) is 98.8 Å². The molecule has 2 N–H and O–H groups in total. The van der Waals surface area contributed by atoms with Crippen molar-refractivity contribution in [3.05, 3.63) is 95.4 Å². The first kappa shape index (κ1) is 41.2. The Morgan fingerprint density at radius 3 is 2.08 bits per heavy atom. The largest absolute Gasteiger partial charge is 1.00 e. The van der Waals surface area contributed by atoms with Gasteiger partial charge in [0.25, 0.3) is 0 Å². The summed E-state index contributed by atoms with van der Waals surface area (Å²) in [5.74, 6) is -1.44. The van der Waals surface area contributed by atoms with Gasteiger partial charge in [-0.1, -0.05) is 70.1 Å². The summed E-state index contributed by atoms with van der Waals surface area (Å²) in [6.07, 6.45) is 0.439. The maximum atomic E-state index is 14.2. The molecule has 1 heterocycles. The Bertz CT molecular complexity index is 1030. The van der Waals surface area contributed by atoms with Crippen LogP contribution < -0.4 is 40.4 Å². The molecule has 1 aliphatic rings. The molecular weight excluding hydrogens is 528 g/mol. The average molecular weight is 570 g/mol. The molecule has 9 heteroatoms. The van der Waals surface area contributed by atoms with E-state index >= 15 is 0 Å². The zero-order valence-electron chi connectivity index (χ0n) is 24.5. The second-order valence-electron chi connectivity index (χ2n) is 9.48. The van der Waals surface area contributed by atoms with Crippen molar-refractivity contribution in [2.45, 2.75) is 53.5 Å². The molecule has 6 nitrogen and oxygen atoms in total. The van der Waals surface area contributed by atoms with Gasteiger partial charge in [0.05, 0.1) is 17.5 Å². The SMILES string of the molecule is C=C.C=C1C(c2cc(Cl)ccc2F)=NCN1C(C)c1ccc(CCC(=O)[O-])cc1.C=O.CC(C)(C)C.CN.[Na+]. The van der Waals surface area contributed by atoms with Crippen molar-refractivity contribution in [3.8, 4) is 0 Å². The van der Waals surface area contributed by atoms with Crippen LogP contribution in [0.5, 0.6) is 0 Å². The molecular formula is C30H42ClFN3NaO3. The fourth-order valence-electron chi connectivity index (χ4n) is 3.12. The quantitative estimate of drug-likeness (QED) is 0.426. The number of carboxylic acids is 1. The van der Waals surface area contributed by atoms with Gasteiger partial charge in [0.15, 0.2) is 0 Å². The van der Waals surface area contributed by atoms with Gasteiger partial charge in [-0.15, -0.1) is 13.2 Å². The number of aryl methyl sites for hydroxylation is 1. The van der Waals surface area contributed by atoms with Crippen LogP contribution in [0.25, 0.3) is 0 Å². The monoisotopic (exact) mass is 569 g/mol. The van der Waals surface area contributed by atoms with Gasteiger partial charge in [-0.2, -0.15) is 0 Å². The van der Waals surface area contributed by atoms with E-state index in [4.69, 9.17) is 16.4 Å². The Balaban J connectivity index is -0.000000942. The number of carboxylic acid groups (broad SMARTS) is 1. The van der Waals surface area contributed by atoms with Crippen LogP contribution in [0.2, 0.25) is 5.02 Å². The number of halogens is 2. The minimum Gasteiger partial charge on any atom is -0.550 e. The minimum atomic E-state index is -1.06. The van der Waals surface area contributed by atoms with E-state index in [1.165, 1.54) is 19.2 Å². The molecule has 2 aromatic rings. The first-order valence-corrected chi connectivity index (χ1v) is 12.4. The van der Waals surface area contributed by atoms with Crippen LogP contribution in [0.15, 0.2) is 72.9 Å². The van der Waals surface area contributed by atoms with Gasteiger partial charge in [-0.25, -0.2) is 4.39 Å². The molecule has 0 saturated heterocycles. The van der Waals surface area contributed by atoms with E-state index in [-0.39, 0.29) is 47.8 Å². The Hall–Kier alpha value is -2.29. The van der Waals surface area contributed by atoms with Crippen molar-refractivity contribution in [1.29, 1.82) is 0 Å². The smallest absolute Gasteiger partial charge is 0.550 e. The molecule has 210 valence electrons. The van der Waals surface area contributed by atoms with E-state index in [1.807, 2.05) is 42.9 Å². The maximum absolute atomic E-state index is 14.2. The van der Waals surface area contributed by atoms with Crippen molar-refractivity contribution < 1.29 is 48.6 Å². The fraction of sp³-hybridized carbons (Fsp3) is 0.367. The first-order chi connectivity index (χ1) is 17.9. The minimum absolute atomic E-state index is 0. The van der Waals surface area contributed by atoms with Gasteiger partial charge in [0.1, 0.15) is 19.3 Å². The van der Waals surface area contributed by atoms with Crippen LogP contribution in [0.4, 0.5) is 4.39 Å². The Labute approximate surface area is 261 Å². The van der Waals surface area contributed by atoms with Crippen LogP contribution in [0.3, 0.4) is 0 Å². The van der Waals surface area contributed by atoms with Crippen molar-refractivity contribution in [1.82, 2.24) is 4.90 Å². The van der Waals surface area contributed by atoms with E-state index in [9.17, 15) is 14.3 Å². The number of hydrogen-bond donors (Lipinski definition) is 1. The third-order valence-electron chi connectivity index (χ3n) is 4.73. The summed E-state index contributed by atoms with van der Waals surface area (Å²) < 4.78 is 14.2. The van der Waals surface area contributed by atoms with Gasteiger partial charge >= 0.3 is 29.6 Å². The summed E-state index contributed by atoms with van der Waals surface area (Å²) in [5, 5.41) is 11.0. The molecule has 0 radical (unpaired) electrons. The Morgan fingerprint density at radius 2 is 1.62 bits per heavy atom. The van der Waals surface area contributed by atoms with Gasteiger partial charge in [-0.3, -0.25) is 4.99 Å². The Kier molecular flexibility index (Phi) is 22.7. The number of nitrogens with two attached hydrogens (primary N) is 1. The Morgan fingerprint density at radius 1 is 1.13 bits per heavy atom. The average Bonchev–Trinajstić information content (AvgIpc) is 3.27. The molecule has 1 unspecified atom stereocenters. The van der Waals surface area contributed by atoms with E-state index in [1.54, 1.807) is 6.07 Å². The summed E-state index contributed by atoms with van der Waals surface area (Å²) in [4.78, 5) is 25.0. The predicted molar refractivity (Wildman–Crippen MR) is 156 cm³/mol. The number of hydrogen-bond acceptors (Lipinski definition) is 6. The van der Waals surface area contributed by atoms with Gasteiger partial charge < -0.3 is 25.3 Å². The number of benzene rings is 2. The van der Waals surface area contributed by atoms with Crippen LogP contribution in [-0.2, 0) is 16.0 Å². The molecule has 2 aromatic carbocycles. The molecule has 39 heavy (non-hydrogen) atoms. The fourth-order valence-corrected chi connectivity index (χ4v) is 3.30. The van der Waals surface area contributed by atoms with Crippen molar-refractivity contribution in [3.63, 3.8) is 0 Å². The maximum Gasteiger partial charge on any atom is 1.00 e. The van der Waals surface area contributed by atoms with Crippen LogP contribution >= 0.6 is 11.6 Å². The standard InChI is InChI=1S/C21H20ClFN2O2.C5H12.C2H4.CH5N.CH2O.Na/c1-13(16-6-3-15(4-7-16)5-10-20(26)27)25-12-24-21(14(25)2)18-11-17(22)8-9-19(18)23;1-5(2,3)4;3*1-2;/h3-4,6-9,11,13H,2,5,10,12H2,1H3,(H,26,27);1-4H3;1-2H2;2H2,1H3;1H2;/q;;;;;+1/p-1. The second kappa shape index (κ2) is 21.5. The zero-order chi connectivity index (χ0) is 30.1. The summed E-state index contributed by atoms with van der Waals surface area (Å²) in [6, 6.07) is 12.1. The van der Waals surface area contributed by atoms with Crippen molar-refractivity contribution in [2.24, 2.45) is 16.1 Å². The van der Waals surface area contributed by atoms with Crippen LogP contribution in [-0.4, -0.2) is 37.1 Å². The summed E-state index contributed by atoms with van der Waals surface area (Å²) in [5.41, 5.74) is 8.47. The van der Waals surface area contributed by atoms with Crippen molar-refractivity contribution in [2.75, 3.05) is 13.7 Å². The number of carbonyl (C=O) groups is 2. The van der Waals surface area contributed by atoms with Gasteiger partial charge in [0, 0.05) is 16.6 Å². The van der Waals surface area contributed by atoms with E-state index in [2.05, 4.69) is 58.2 Å². The normalized spacial score (nSPS) is 12.3. The number of nitrogens with zero attached hydrogens (tertiary/aromatic N) is 2. The molecule has 0 saturated carbocycles. The van der Waals surface area contributed by atoms with Crippen molar-refractivity contribution >= 4 is 30.1 Å². The molecule has 0 fully saturated rings. The molecule has 3 rings (SSSR count). The van der Waals surface area contributed by atoms with E-state index in [0.717, 1.165) is 11.1 Å². The number of allylic oxidation sites excluding steroid dienone is 1. The third-order valence-corrected chi connectivity index (χ3v) is 4.97. The first-order valence-electron chi connectivity index (χ1n) is 12.0. The molecule has 0 amide bonds. The second-order valence-corrected chi connectivity index (χ2v) is 9.91. The number of aliphatic imine (C=N–C) groups is 1. The van der Waals surface area contributed by atoms with Gasteiger partial charge in [0.2, 0.25) is 0 Å². The van der Waals surface area contributed by atoms with Crippen LogP contribution in [0.1, 0.15) is 63.8 Å². The molecule has 0 spiro atoms. The molecule has 1 atom stereocenters. The molecule has 0 aliphatic carbocycles. The summed E-state index contributed by atoms with van der Waals surface area (Å²) in [6.45, 7) is 23.2. The third kappa shape index (κ3) is 15.8. The molecule has 0 bridgehead atoms. The molecule has 0 aromatic heterocycles. The van der Waals surface area contributed by atoms with E-state index in [0.29, 0.717) is 40.5 Å². The van der Waals surface area contributed by atoms with E-state index < -0.39 is 5.97 Å². The zero-order valence-corrected chi connectivity index (χ0v) is 27.3. The molecule has 1 aliphatic heterocycles. The number of rotatable bonds is 6. The van der Waals surface area contributed by atoms with Crippen LogP contribution in [0, 0.1) is 11.2 Å². The number of aliphatic carboxylic acids is 1.